The largest absolute Gasteiger partial charge is 0.374 e. The van der Waals surface area contributed by atoms with E-state index in [1.165, 1.54) is 11.3 Å². The average Bonchev–Trinajstić information content (AvgIpc) is 2.66. The van der Waals surface area contributed by atoms with Crippen LogP contribution in [0.4, 0.5) is 0 Å². The molecule has 0 bridgehead atoms. The van der Waals surface area contributed by atoms with Crippen LogP contribution in [0.5, 0.6) is 0 Å². The topological polar surface area (TPSA) is 41.6 Å². The molecule has 1 aromatic heterocycles. The first-order chi connectivity index (χ1) is 8.56. The fourth-order valence-electron chi connectivity index (χ4n) is 1.79. The molecule has 1 unspecified atom stereocenters. The molecule has 0 spiro atoms. The zero-order valence-electron chi connectivity index (χ0n) is 9.91. The van der Waals surface area contributed by atoms with E-state index < -0.39 is 0 Å². The zero-order valence-corrected chi connectivity index (χ0v) is 13.9. The highest BCUT2D eigenvalue weighted by molar-refractivity contribution is 9.12. The Balaban J connectivity index is 1.86. The molecule has 1 N–H and O–H groups in total. The van der Waals surface area contributed by atoms with Gasteiger partial charge in [-0.15, -0.1) is 11.3 Å². The zero-order chi connectivity index (χ0) is 13.1. The van der Waals surface area contributed by atoms with Crippen LogP contribution in [0.15, 0.2) is 13.6 Å². The number of likely N-dealkylation sites (N-methyl/N-ethyl adjacent to an activating group) is 1. The number of halogens is 2. The summed E-state index contributed by atoms with van der Waals surface area (Å²) in [5, 5.41) is 2.91. The summed E-state index contributed by atoms with van der Waals surface area (Å²) in [5.74, 6) is -0.0688. The Kier molecular flexibility index (Phi) is 5.20. The van der Waals surface area contributed by atoms with E-state index in [4.69, 9.17) is 4.74 Å². The van der Waals surface area contributed by atoms with Gasteiger partial charge in [0, 0.05) is 19.6 Å². The number of carbonyl (C=O) groups excluding carboxylic acids is 1. The van der Waals surface area contributed by atoms with E-state index in [1.807, 2.05) is 6.07 Å². The number of hydrogen-bond acceptors (Lipinski definition) is 4. The van der Waals surface area contributed by atoms with Gasteiger partial charge in [-0.05, 0) is 45.0 Å². The molecule has 1 aliphatic heterocycles. The molecule has 0 radical (unpaired) electrons. The molecular formula is C11H14Br2N2O2S. The molecule has 2 heterocycles. The van der Waals surface area contributed by atoms with Crippen LogP contribution in [0, 0.1) is 0 Å². The molecule has 1 atom stereocenters. The third-order valence-electron chi connectivity index (χ3n) is 2.73. The van der Waals surface area contributed by atoms with Crippen molar-refractivity contribution in [1.82, 2.24) is 10.2 Å². The number of ether oxygens (including phenoxy) is 1. The highest BCUT2D eigenvalue weighted by Crippen LogP contribution is 2.31. The van der Waals surface area contributed by atoms with E-state index in [1.54, 1.807) is 0 Å². The molecule has 100 valence electrons. The lowest BCUT2D eigenvalue weighted by atomic mass is 10.2. The summed E-state index contributed by atoms with van der Waals surface area (Å²) in [6.45, 7) is 3.08. The quantitative estimate of drug-likeness (QED) is 0.850. The van der Waals surface area contributed by atoms with Crippen LogP contribution < -0.4 is 5.32 Å². The smallest absolute Gasteiger partial charge is 0.253 e. The van der Waals surface area contributed by atoms with E-state index in [0.717, 1.165) is 27.3 Å². The molecule has 0 saturated carbocycles. The number of hydrogen-bond donors (Lipinski definition) is 1. The fraction of sp³-hybridized carbons (Fsp3) is 0.545. The third-order valence-corrected chi connectivity index (χ3v) is 5.07. The van der Waals surface area contributed by atoms with E-state index >= 15 is 0 Å². The summed E-state index contributed by atoms with van der Waals surface area (Å²) in [7, 11) is 2.06. The predicted octanol–water partition coefficient (Wildman–Crippen LogP) is 2.33. The maximum atomic E-state index is 12.0. The van der Waals surface area contributed by atoms with Crippen molar-refractivity contribution in [1.29, 1.82) is 0 Å². The lowest BCUT2D eigenvalue weighted by Gasteiger charge is -2.30. The van der Waals surface area contributed by atoms with Crippen molar-refractivity contribution in [3.05, 3.63) is 19.2 Å². The second-order valence-corrected chi connectivity index (χ2v) is 7.95. The molecule has 1 fully saturated rings. The first-order valence-electron chi connectivity index (χ1n) is 5.59. The van der Waals surface area contributed by atoms with Gasteiger partial charge in [0.05, 0.1) is 25.8 Å². The van der Waals surface area contributed by atoms with E-state index in [0.29, 0.717) is 12.1 Å². The maximum Gasteiger partial charge on any atom is 0.253 e. The second kappa shape index (κ2) is 6.47. The van der Waals surface area contributed by atoms with Crippen LogP contribution in [0.3, 0.4) is 0 Å². The normalized spacial score (nSPS) is 20.9. The van der Waals surface area contributed by atoms with Gasteiger partial charge in [-0.3, -0.25) is 4.79 Å². The van der Waals surface area contributed by atoms with Crippen LogP contribution in [-0.2, 0) is 4.74 Å². The molecule has 0 aliphatic carbocycles. The second-order valence-electron chi connectivity index (χ2n) is 4.20. The molecule has 0 aromatic carbocycles. The molecule has 2 rings (SSSR count). The van der Waals surface area contributed by atoms with Crippen molar-refractivity contribution in [2.75, 3.05) is 33.3 Å². The molecule has 1 aromatic rings. The number of morpholine rings is 1. The van der Waals surface area contributed by atoms with Gasteiger partial charge in [0.1, 0.15) is 0 Å². The number of nitrogens with zero attached hydrogens (tertiary/aromatic N) is 1. The van der Waals surface area contributed by atoms with E-state index in [2.05, 4.69) is 49.1 Å². The van der Waals surface area contributed by atoms with Crippen LogP contribution in [-0.4, -0.2) is 50.2 Å². The Morgan fingerprint density at radius 1 is 1.67 bits per heavy atom. The highest BCUT2D eigenvalue weighted by Gasteiger charge is 2.19. The van der Waals surface area contributed by atoms with E-state index in [-0.39, 0.29) is 12.0 Å². The number of thiophene rings is 1. The summed E-state index contributed by atoms with van der Waals surface area (Å²) in [6, 6.07) is 1.82. The summed E-state index contributed by atoms with van der Waals surface area (Å²) in [4.78, 5) is 14.2. The molecule has 7 heteroatoms. The SMILES string of the molecule is CN1CCOC(CNC(=O)c2cc(Br)sc2Br)C1. The molecule has 1 saturated heterocycles. The predicted molar refractivity (Wildman–Crippen MR) is 79.3 cm³/mol. The standard InChI is InChI=1S/C11H14Br2N2O2S/c1-15-2-3-17-7(6-15)5-14-11(16)8-4-9(12)18-10(8)13/h4,7H,2-3,5-6H2,1H3,(H,14,16). The minimum atomic E-state index is -0.0688. The molecule has 4 nitrogen and oxygen atoms in total. The van der Waals surface area contributed by atoms with Gasteiger partial charge in [-0.25, -0.2) is 0 Å². The Labute approximate surface area is 127 Å². The lowest BCUT2D eigenvalue weighted by Crippen LogP contribution is -2.45. The first-order valence-corrected chi connectivity index (χ1v) is 7.99. The molecule has 18 heavy (non-hydrogen) atoms. The maximum absolute atomic E-state index is 12.0. The number of amides is 1. The van der Waals surface area contributed by atoms with Gasteiger partial charge in [0.2, 0.25) is 0 Å². The first kappa shape index (κ1) is 14.5. The molecule has 1 aliphatic rings. The van der Waals surface area contributed by atoms with Crippen LogP contribution in [0.2, 0.25) is 0 Å². The van der Waals surface area contributed by atoms with Gasteiger partial charge >= 0.3 is 0 Å². The Hall–Kier alpha value is 0.0500. The summed E-state index contributed by atoms with van der Waals surface area (Å²) in [6.07, 6.45) is 0.0774. The van der Waals surface area contributed by atoms with Crippen molar-refractivity contribution in [3.8, 4) is 0 Å². The monoisotopic (exact) mass is 396 g/mol. The molecule has 1 amide bonds. The lowest BCUT2D eigenvalue weighted by molar-refractivity contribution is -0.0175. The van der Waals surface area contributed by atoms with Crippen molar-refractivity contribution >= 4 is 49.1 Å². The summed E-state index contributed by atoms with van der Waals surface area (Å²) in [5.41, 5.74) is 0.663. The third kappa shape index (κ3) is 3.77. The van der Waals surface area contributed by atoms with Crippen molar-refractivity contribution in [2.24, 2.45) is 0 Å². The molecular weight excluding hydrogens is 384 g/mol. The Morgan fingerprint density at radius 3 is 3.06 bits per heavy atom. The van der Waals surface area contributed by atoms with Crippen LogP contribution >= 0.6 is 43.2 Å². The van der Waals surface area contributed by atoms with Gasteiger partial charge in [0.15, 0.2) is 0 Å². The van der Waals surface area contributed by atoms with Crippen LogP contribution in [0.1, 0.15) is 10.4 Å². The average molecular weight is 398 g/mol. The minimum Gasteiger partial charge on any atom is -0.374 e. The minimum absolute atomic E-state index is 0.0688. The van der Waals surface area contributed by atoms with Crippen molar-refractivity contribution in [2.45, 2.75) is 6.10 Å². The fourth-order valence-corrected chi connectivity index (χ4v) is 4.58. The number of nitrogens with one attached hydrogen (secondary N) is 1. The Morgan fingerprint density at radius 2 is 2.44 bits per heavy atom. The number of carbonyl (C=O) groups is 1. The van der Waals surface area contributed by atoms with Crippen LogP contribution in [0.25, 0.3) is 0 Å². The van der Waals surface area contributed by atoms with Gasteiger partial charge in [-0.1, -0.05) is 0 Å². The van der Waals surface area contributed by atoms with Gasteiger partial charge in [0.25, 0.3) is 5.91 Å². The van der Waals surface area contributed by atoms with E-state index in [9.17, 15) is 4.79 Å². The van der Waals surface area contributed by atoms with Gasteiger partial charge in [-0.2, -0.15) is 0 Å². The van der Waals surface area contributed by atoms with Gasteiger partial charge < -0.3 is 15.0 Å². The Bertz CT molecular complexity index is 439. The summed E-state index contributed by atoms with van der Waals surface area (Å²) >= 11 is 8.24. The summed E-state index contributed by atoms with van der Waals surface area (Å²) < 4.78 is 7.37. The highest BCUT2D eigenvalue weighted by atomic mass is 79.9. The van der Waals surface area contributed by atoms with Crippen molar-refractivity contribution in [3.63, 3.8) is 0 Å². The van der Waals surface area contributed by atoms with Crippen molar-refractivity contribution < 1.29 is 9.53 Å². The number of rotatable bonds is 3.